The smallest absolute Gasteiger partial charge is 0.139 e. The molecule has 2 rings (SSSR count). The van der Waals surface area contributed by atoms with Crippen LogP contribution in [0.2, 0.25) is 15.1 Å². The van der Waals surface area contributed by atoms with Gasteiger partial charge in [0.1, 0.15) is 5.75 Å². The van der Waals surface area contributed by atoms with Crippen LogP contribution >= 0.6 is 34.8 Å². The Labute approximate surface area is 127 Å². The van der Waals surface area contributed by atoms with Crippen molar-refractivity contribution in [2.45, 2.75) is 6.92 Å². The van der Waals surface area contributed by atoms with Crippen LogP contribution in [0.25, 0.3) is 11.1 Å². The number of ether oxygens (including phenoxy) is 1. The van der Waals surface area contributed by atoms with Gasteiger partial charge in [-0.05, 0) is 31.2 Å². The van der Waals surface area contributed by atoms with E-state index in [1.54, 1.807) is 30.3 Å². The van der Waals surface area contributed by atoms with Gasteiger partial charge in [0.25, 0.3) is 0 Å². The first-order valence-corrected chi connectivity index (χ1v) is 6.83. The lowest BCUT2D eigenvalue weighted by Crippen LogP contribution is -1.94. The monoisotopic (exact) mass is 315 g/mol. The SMILES string of the molecule is CCOc1cc(Cl)c(-c2cc(Cl)ccc2N)cc1Cl. The van der Waals surface area contributed by atoms with E-state index in [1.807, 2.05) is 6.92 Å². The summed E-state index contributed by atoms with van der Waals surface area (Å²) < 4.78 is 5.39. The number of hydrogen-bond acceptors (Lipinski definition) is 2. The molecule has 2 aromatic carbocycles. The van der Waals surface area contributed by atoms with Crippen molar-refractivity contribution in [3.63, 3.8) is 0 Å². The van der Waals surface area contributed by atoms with E-state index in [1.165, 1.54) is 0 Å². The number of benzene rings is 2. The number of halogens is 3. The van der Waals surface area contributed by atoms with Crippen LogP contribution in [0.15, 0.2) is 30.3 Å². The van der Waals surface area contributed by atoms with Crippen LogP contribution in [0.1, 0.15) is 6.92 Å². The van der Waals surface area contributed by atoms with Crippen LogP contribution in [-0.4, -0.2) is 6.61 Å². The van der Waals surface area contributed by atoms with E-state index in [0.29, 0.717) is 33.1 Å². The fourth-order valence-electron chi connectivity index (χ4n) is 1.76. The van der Waals surface area contributed by atoms with E-state index in [-0.39, 0.29) is 0 Å². The number of rotatable bonds is 3. The normalized spacial score (nSPS) is 10.5. The zero-order valence-electron chi connectivity index (χ0n) is 10.2. The third-order valence-corrected chi connectivity index (χ3v) is 3.47. The highest BCUT2D eigenvalue weighted by Gasteiger charge is 2.12. The molecule has 0 aliphatic rings. The minimum atomic E-state index is 0.487. The van der Waals surface area contributed by atoms with Crippen LogP contribution in [0.4, 0.5) is 5.69 Å². The van der Waals surface area contributed by atoms with Crippen molar-refractivity contribution in [2.24, 2.45) is 0 Å². The van der Waals surface area contributed by atoms with Crippen molar-refractivity contribution >= 4 is 40.5 Å². The number of anilines is 1. The van der Waals surface area contributed by atoms with Crippen LogP contribution in [0.3, 0.4) is 0 Å². The molecular formula is C14H12Cl3NO. The molecule has 2 nitrogen and oxygen atoms in total. The third-order valence-electron chi connectivity index (χ3n) is 2.63. The molecule has 0 aliphatic carbocycles. The lowest BCUT2D eigenvalue weighted by atomic mass is 10.0. The Morgan fingerprint density at radius 2 is 1.74 bits per heavy atom. The maximum atomic E-state index is 6.26. The summed E-state index contributed by atoms with van der Waals surface area (Å²) in [7, 11) is 0. The standard InChI is InChI=1S/C14H12Cl3NO/c1-2-19-14-7-11(16)9(6-12(14)17)10-5-8(15)3-4-13(10)18/h3-7H,2,18H2,1H3. The maximum absolute atomic E-state index is 6.26. The first-order valence-electron chi connectivity index (χ1n) is 5.70. The quantitative estimate of drug-likeness (QED) is 0.780. The average Bonchev–Trinajstić information content (AvgIpc) is 2.37. The van der Waals surface area contributed by atoms with Crippen molar-refractivity contribution in [1.29, 1.82) is 0 Å². The van der Waals surface area contributed by atoms with E-state index in [9.17, 15) is 0 Å². The minimum Gasteiger partial charge on any atom is -0.492 e. The van der Waals surface area contributed by atoms with E-state index >= 15 is 0 Å². The van der Waals surface area contributed by atoms with Gasteiger partial charge in [-0.2, -0.15) is 0 Å². The topological polar surface area (TPSA) is 35.2 Å². The predicted octanol–water partition coefficient (Wildman–Crippen LogP) is 5.29. The lowest BCUT2D eigenvalue weighted by molar-refractivity contribution is 0.340. The molecule has 0 heterocycles. The Kier molecular flexibility index (Phi) is 4.46. The van der Waals surface area contributed by atoms with Gasteiger partial charge < -0.3 is 10.5 Å². The Bertz CT molecular complexity index is 614. The third kappa shape index (κ3) is 3.08. The number of nitrogens with two attached hydrogens (primary N) is 1. The van der Waals surface area contributed by atoms with Gasteiger partial charge in [0.15, 0.2) is 0 Å². The van der Waals surface area contributed by atoms with Gasteiger partial charge in [0.05, 0.1) is 16.7 Å². The molecule has 2 N–H and O–H groups in total. The van der Waals surface area contributed by atoms with Crippen LogP contribution in [0, 0.1) is 0 Å². The second-order valence-corrected chi connectivity index (χ2v) is 5.18. The van der Waals surface area contributed by atoms with E-state index < -0.39 is 0 Å². The van der Waals surface area contributed by atoms with E-state index in [4.69, 9.17) is 45.3 Å². The summed E-state index contributed by atoms with van der Waals surface area (Å²) in [6.07, 6.45) is 0. The largest absolute Gasteiger partial charge is 0.492 e. The molecule has 0 fully saturated rings. The van der Waals surface area contributed by atoms with Gasteiger partial charge in [-0.25, -0.2) is 0 Å². The van der Waals surface area contributed by atoms with Gasteiger partial charge in [-0.1, -0.05) is 34.8 Å². The average molecular weight is 317 g/mol. The first kappa shape index (κ1) is 14.3. The van der Waals surface area contributed by atoms with Crippen LogP contribution in [0.5, 0.6) is 5.75 Å². The summed E-state index contributed by atoms with van der Waals surface area (Å²) in [4.78, 5) is 0. The summed E-state index contributed by atoms with van der Waals surface area (Å²) in [5, 5.41) is 1.59. The highest BCUT2D eigenvalue weighted by atomic mass is 35.5. The van der Waals surface area contributed by atoms with E-state index in [0.717, 1.165) is 11.1 Å². The van der Waals surface area contributed by atoms with Crippen molar-refractivity contribution in [2.75, 3.05) is 12.3 Å². The minimum absolute atomic E-state index is 0.487. The summed E-state index contributed by atoms with van der Waals surface area (Å²) in [5.74, 6) is 0.554. The Morgan fingerprint density at radius 1 is 1.00 bits per heavy atom. The van der Waals surface area contributed by atoms with Crippen LogP contribution in [-0.2, 0) is 0 Å². The summed E-state index contributed by atoms with van der Waals surface area (Å²) in [6, 6.07) is 8.64. The molecule has 0 aliphatic heterocycles. The predicted molar refractivity (Wildman–Crippen MR) is 82.5 cm³/mol. The summed E-state index contributed by atoms with van der Waals surface area (Å²) >= 11 is 18.4. The Hall–Kier alpha value is -1.09. The van der Waals surface area contributed by atoms with Gasteiger partial charge >= 0.3 is 0 Å². The zero-order chi connectivity index (χ0) is 14.0. The molecule has 0 atom stereocenters. The fraction of sp³-hybridized carbons (Fsp3) is 0.143. The molecule has 19 heavy (non-hydrogen) atoms. The second-order valence-electron chi connectivity index (χ2n) is 3.93. The molecule has 2 aromatic rings. The zero-order valence-corrected chi connectivity index (χ0v) is 12.5. The molecule has 0 aromatic heterocycles. The number of hydrogen-bond donors (Lipinski definition) is 1. The van der Waals surface area contributed by atoms with E-state index in [2.05, 4.69) is 0 Å². The van der Waals surface area contributed by atoms with Crippen molar-refractivity contribution in [1.82, 2.24) is 0 Å². The van der Waals surface area contributed by atoms with Crippen molar-refractivity contribution in [3.8, 4) is 16.9 Å². The molecule has 0 spiro atoms. The van der Waals surface area contributed by atoms with Crippen molar-refractivity contribution < 1.29 is 4.74 Å². The number of nitrogen functional groups attached to an aromatic ring is 1. The highest BCUT2D eigenvalue weighted by molar-refractivity contribution is 6.36. The molecule has 5 heteroatoms. The van der Waals surface area contributed by atoms with Gasteiger partial charge in [-0.15, -0.1) is 0 Å². The first-order chi connectivity index (χ1) is 9.02. The molecule has 0 bridgehead atoms. The molecule has 0 radical (unpaired) electrons. The van der Waals surface area contributed by atoms with Crippen LogP contribution < -0.4 is 10.5 Å². The highest BCUT2D eigenvalue weighted by Crippen LogP contribution is 2.39. The molecule has 100 valence electrons. The summed E-state index contributed by atoms with van der Waals surface area (Å²) in [6.45, 7) is 2.40. The Balaban J connectivity index is 2.57. The van der Waals surface area contributed by atoms with Gasteiger partial charge in [0, 0.05) is 27.9 Å². The second kappa shape index (κ2) is 5.91. The van der Waals surface area contributed by atoms with Crippen molar-refractivity contribution in [3.05, 3.63) is 45.4 Å². The molecule has 0 saturated heterocycles. The maximum Gasteiger partial charge on any atom is 0.139 e. The van der Waals surface area contributed by atoms with Gasteiger partial charge in [-0.3, -0.25) is 0 Å². The van der Waals surface area contributed by atoms with Gasteiger partial charge in [0.2, 0.25) is 0 Å². The Morgan fingerprint density at radius 3 is 2.42 bits per heavy atom. The summed E-state index contributed by atoms with van der Waals surface area (Å²) in [5.41, 5.74) is 8.02. The molecule has 0 unspecified atom stereocenters. The molecule has 0 saturated carbocycles. The fourth-order valence-corrected chi connectivity index (χ4v) is 2.41. The molecular weight excluding hydrogens is 305 g/mol. The lowest BCUT2D eigenvalue weighted by Gasteiger charge is -2.12. The molecule has 0 amide bonds.